The van der Waals surface area contributed by atoms with Crippen molar-refractivity contribution < 1.29 is 19.4 Å². The van der Waals surface area contributed by atoms with Gasteiger partial charge in [0, 0.05) is 19.7 Å². The molecule has 1 amide bonds. The summed E-state index contributed by atoms with van der Waals surface area (Å²) in [4.78, 5) is 25.8. The van der Waals surface area contributed by atoms with Crippen LogP contribution < -0.4 is 0 Å². The number of aliphatic carboxylic acids is 1. The van der Waals surface area contributed by atoms with Crippen molar-refractivity contribution in [3.63, 3.8) is 0 Å². The molecule has 1 saturated carbocycles. The smallest absolute Gasteiger partial charge is 0.307 e. The fourth-order valence-electron chi connectivity index (χ4n) is 3.05. The molecule has 0 aromatic heterocycles. The monoisotopic (exact) mass is 285 g/mol. The van der Waals surface area contributed by atoms with Crippen molar-refractivity contribution in [3.8, 4) is 0 Å². The summed E-state index contributed by atoms with van der Waals surface area (Å²) in [5.74, 6) is -1.43. The Bertz CT molecular complexity index is 343. The number of rotatable bonds is 7. The van der Waals surface area contributed by atoms with Gasteiger partial charge in [-0.3, -0.25) is 9.59 Å². The van der Waals surface area contributed by atoms with Gasteiger partial charge in [-0.1, -0.05) is 13.3 Å². The lowest BCUT2D eigenvalue weighted by atomic mass is 9.94. The molecule has 5 nitrogen and oxygen atoms in total. The molecule has 0 saturated heterocycles. The summed E-state index contributed by atoms with van der Waals surface area (Å²) in [6, 6.07) is 0.0628. The summed E-state index contributed by atoms with van der Waals surface area (Å²) in [5.41, 5.74) is 0. The van der Waals surface area contributed by atoms with Crippen LogP contribution in [0, 0.1) is 17.8 Å². The summed E-state index contributed by atoms with van der Waals surface area (Å²) < 4.78 is 5.04. The highest BCUT2D eigenvalue weighted by Gasteiger charge is 2.43. The van der Waals surface area contributed by atoms with E-state index in [-0.39, 0.29) is 17.9 Å². The molecule has 116 valence electrons. The van der Waals surface area contributed by atoms with E-state index in [4.69, 9.17) is 4.74 Å². The van der Waals surface area contributed by atoms with Crippen LogP contribution >= 0.6 is 0 Å². The van der Waals surface area contributed by atoms with Crippen molar-refractivity contribution in [2.24, 2.45) is 17.8 Å². The normalized spacial score (nSPS) is 25.9. The molecule has 1 N–H and O–H groups in total. The average molecular weight is 285 g/mol. The van der Waals surface area contributed by atoms with E-state index in [2.05, 4.69) is 6.92 Å². The second-order valence-corrected chi connectivity index (χ2v) is 5.92. The van der Waals surface area contributed by atoms with Gasteiger partial charge in [0.15, 0.2) is 0 Å². The molecular formula is C15H27NO4. The van der Waals surface area contributed by atoms with E-state index in [9.17, 15) is 14.7 Å². The van der Waals surface area contributed by atoms with Crippen LogP contribution in [-0.4, -0.2) is 48.2 Å². The SMILES string of the molecule is CCC1CC(C(=O)O)C(C(=O)N(CCOC)C(C)C)C1. The molecule has 1 aliphatic rings. The van der Waals surface area contributed by atoms with Gasteiger partial charge in [0.25, 0.3) is 0 Å². The minimum atomic E-state index is -0.838. The number of methoxy groups -OCH3 is 1. The summed E-state index contributed by atoms with van der Waals surface area (Å²) in [6.45, 7) is 6.96. The molecule has 1 rings (SSSR count). The Labute approximate surface area is 121 Å². The summed E-state index contributed by atoms with van der Waals surface area (Å²) >= 11 is 0. The second-order valence-electron chi connectivity index (χ2n) is 5.92. The maximum atomic E-state index is 12.7. The molecule has 3 unspecified atom stereocenters. The van der Waals surface area contributed by atoms with Gasteiger partial charge in [0.05, 0.1) is 18.4 Å². The van der Waals surface area contributed by atoms with Crippen LogP contribution in [-0.2, 0) is 14.3 Å². The van der Waals surface area contributed by atoms with Gasteiger partial charge in [-0.25, -0.2) is 0 Å². The molecule has 20 heavy (non-hydrogen) atoms. The third kappa shape index (κ3) is 3.95. The van der Waals surface area contributed by atoms with E-state index < -0.39 is 11.9 Å². The molecule has 0 bridgehead atoms. The first-order chi connectivity index (χ1) is 9.42. The molecule has 0 heterocycles. The Morgan fingerprint density at radius 2 is 1.90 bits per heavy atom. The van der Waals surface area contributed by atoms with Crippen LogP contribution in [0.1, 0.15) is 40.0 Å². The highest BCUT2D eigenvalue weighted by molar-refractivity contribution is 5.85. The van der Waals surface area contributed by atoms with Crippen LogP contribution in [0.25, 0.3) is 0 Å². The maximum Gasteiger partial charge on any atom is 0.307 e. The molecule has 1 aliphatic carbocycles. The molecule has 0 aromatic rings. The number of carbonyl (C=O) groups is 2. The number of hydrogen-bond acceptors (Lipinski definition) is 3. The first-order valence-electron chi connectivity index (χ1n) is 7.44. The Kier molecular flexibility index (Phi) is 6.46. The second kappa shape index (κ2) is 7.62. The lowest BCUT2D eigenvalue weighted by molar-refractivity contribution is -0.150. The van der Waals surface area contributed by atoms with E-state index in [1.807, 2.05) is 13.8 Å². The lowest BCUT2D eigenvalue weighted by Crippen LogP contribution is -2.44. The van der Waals surface area contributed by atoms with Gasteiger partial charge in [-0.2, -0.15) is 0 Å². The van der Waals surface area contributed by atoms with E-state index in [0.717, 1.165) is 6.42 Å². The van der Waals surface area contributed by atoms with Crippen molar-refractivity contribution in [2.45, 2.75) is 46.1 Å². The predicted octanol–water partition coefficient (Wildman–Crippen LogP) is 2.01. The van der Waals surface area contributed by atoms with E-state index in [0.29, 0.717) is 31.9 Å². The summed E-state index contributed by atoms with van der Waals surface area (Å²) in [5, 5.41) is 9.35. The van der Waals surface area contributed by atoms with Gasteiger partial charge in [0.2, 0.25) is 5.91 Å². The Hall–Kier alpha value is -1.10. The minimum absolute atomic E-state index is 0.0274. The topological polar surface area (TPSA) is 66.8 Å². The molecule has 0 aliphatic heterocycles. The molecule has 5 heteroatoms. The summed E-state index contributed by atoms with van der Waals surface area (Å²) in [6.07, 6.45) is 2.26. The first-order valence-corrected chi connectivity index (χ1v) is 7.44. The molecule has 3 atom stereocenters. The average Bonchev–Trinajstić information content (AvgIpc) is 2.82. The third-order valence-electron chi connectivity index (χ3n) is 4.31. The minimum Gasteiger partial charge on any atom is -0.481 e. The van der Waals surface area contributed by atoms with Gasteiger partial charge in [-0.05, 0) is 32.6 Å². The van der Waals surface area contributed by atoms with E-state index in [1.54, 1.807) is 12.0 Å². The van der Waals surface area contributed by atoms with Crippen LogP contribution in [0.2, 0.25) is 0 Å². The van der Waals surface area contributed by atoms with Crippen molar-refractivity contribution in [1.29, 1.82) is 0 Å². The van der Waals surface area contributed by atoms with Crippen LogP contribution in [0.3, 0.4) is 0 Å². The highest BCUT2D eigenvalue weighted by Crippen LogP contribution is 2.39. The molecule has 0 radical (unpaired) electrons. The Morgan fingerprint density at radius 1 is 1.30 bits per heavy atom. The molecule has 0 aromatic carbocycles. The number of ether oxygens (including phenoxy) is 1. The molecular weight excluding hydrogens is 258 g/mol. The van der Waals surface area contributed by atoms with Crippen molar-refractivity contribution >= 4 is 11.9 Å². The predicted molar refractivity (Wildman–Crippen MR) is 76.4 cm³/mol. The molecule has 1 fully saturated rings. The lowest BCUT2D eigenvalue weighted by Gasteiger charge is -2.30. The standard InChI is InChI=1S/C15H27NO4/c1-5-11-8-12(13(9-11)15(18)19)14(17)16(10(2)3)6-7-20-4/h10-13H,5-9H2,1-4H3,(H,18,19). The first kappa shape index (κ1) is 17.0. The number of hydrogen-bond donors (Lipinski definition) is 1. The van der Waals surface area contributed by atoms with Gasteiger partial charge >= 0.3 is 5.97 Å². The quantitative estimate of drug-likeness (QED) is 0.777. The largest absolute Gasteiger partial charge is 0.481 e. The fraction of sp³-hybridized carbons (Fsp3) is 0.867. The zero-order valence-electron chi connectivity index (χ0n) is 13.0. The van der Waals surface area contributed by atoms with Gasteiger partial charge < -0.3 is 14.7 Å². The van der Waals surface area contributed by atoms with Crippen molar-refractivity contribution in [2.75, 3.05) is 20.3 Å². The number of carboxylic acid groups (broad SMARTS) is 1. The number of amides is 1. The highest BCUT2D eigenvalue weighted by atomic mass is 16.5. The Balaban J connectivity index is 2.82. The van der Waals surface area contributed by atoms with E-state index >= 15 is 0 Å². The van der Waals surface area contributed by atoms with Crippen molar-refractivity contribution in [3.05, 3.63) is 0 Å². The number of carbonyl (C=O) groups excluding carboxylic acids is 1. The van der Waals surface area contributed by atoms with Crippen molar-refractivity contribution in [1.82, 2.24) is 4.90 Å². The maximum absolute atomic E-state index is 12.7. The Morgan fingerprint density at radius 3 is 2.35 bits per heavy atom. The zero-order chi connectivity index (χ0) is 15.3. The van der Waals surface area contributed by atoms with Crippen LogP contribution in [0.4, 0.5) is 0 Å². The van der Waals surface area contributed by atoms with Crippen LogP contribution in [0.15, 0.2) is 0 Å². The van der Waals surface area contributed by atoms with Gasteiger partial charge in [0.1, 0.15) is 0 Å². The zero-order valence-corrected chi connectivity index (χ0v) is 13.0. The van der Waals surface area contributed by atoms with Crippen LogP contribution in [0.5, 0.6) is 0 Å². The fourth-order valence-corrected chi connectivity index (χ4v) is 3.05. The molecule has 0 spiro atoms. The van der Waals surface area contributed by atoms with E-state index in [1.165, 1.54) is 0 Å². The summed E-state index contributed by atoms with van der Waals surface area (Å²) in [7, 11) is 1.60. The third-order valence-corrected chi connectivity index (χ3v) is 4.31. The number of nitrogens with zero attached hydrogens (tertiary/aromatic N) is 1. The van der Waals surface area contributed by atoms with Gasteiger partial charge in [-0.15, -0.1) is 0 Å². The number of carboxylic acids is 1.